The van der Waals surface area contributed by atoms with Gasteiger partial charge in [0, 0.05) is 0 Å². The molecule has 1 N–H and O–H groups in total. The van der Waals surface area contributed by atoms with Crippen molar-refractivity contribution in [2.24, 2.45) is 11.3 Å². The van der Waals surface area contributed by atoms with Crippen molar-refractivity contribution < 1.29 is 23.1 Å². The predicted octanol–water partition coefficient (Wildman–Crippen LogP) is 4.70. The zero-order chi connectivity index (χ0) is 15.8. The van der Waals surface area contributed by atoms with Crippen LogP contribution in [0.25, 0.3) is 0 Å². The summed E-state index contributed by atoms with van der Waals surface area (Å²) in [5, 5.41) is 9.35. The van der Waals surface area contributed by atoms with E-state index < -0.39 is 23.6 Å². The largest absolute Gasteiger partial charge is 0.481 e. The second kappa shape index (κ2) is 5.35. The van der Waals surface area contributed by atoms with E-state index in [1.165, 1.54) is 6.07 Å². The lowest BCUT2D eigenvalue weighted by atomic mass is 9.65. The molecule has 0 spiro atoms. The highest BCUT2D eigenvalue weighted by Crippen LogP contribution is 2.47. The third kappa shape index (κ3) is 3.57. The fraction of sp³-hybridized carbons (Fsp3) is 0.562. The van der Waals surface area contributed by atoms with Crippen LogP contribution in [0.1, 0.15) is 50.2 Å². The van der Waals surface area contributed by atoms with Gasteiger partial charge in [-0.15, -0.1) is 0 Å². The lowest BCUT2D eigenvalue weighted by Gasteiger charge is -2.39. The average Bonchev–Trinajstić information content (AvgIpc) is 2.36. The molecule has 0 aromatic heterocycles. The Labute approximate surface area is 122 Å². The number of hydrogen-bond donors (Lipinski definition) is 1. The molecule has 0 bridgehead atoms. The van der Waals surface area contributed by atoms with Gasteiger partial charge in [-0.1, -0.05) is 32.0 Å². The van der Waals surface area contributed by atoms with Crippen LogP contribution in [0, 0.1) is 11.3 Å². The quantitative estimate of drug-likeness (QED) is 0.859. The summed E-state index contributed by atoms with van der Waals surface area (Å²) in [6.45, 7) is 4.07. The number of benzene rings is 1. The van der Waals surface area contributed by atoms with Crippen LogP contribution in [0.5, 0.6) is 0 Å². The normalized spacial score (nSPS) is 25.6. The van der Waals surface area contributed by atoms with Crippen LogP contribution in [0.3, 0.4) is 0 Å². The minimum absolute atomic E-state index is 0.0507. The molecule has 0 amide bonds. The molecule has 2 rings (SSSR count). The average molecular weight is 300 g/mol. The molecule has 0 aliphatic heterocycles. The summed E-state index contributed by atoms with van der Waals surface area (Å²) in [4.78, 5) is 11.4. The summed E-state index contributed by atoms with van der Waals surface area (Å²) in [7, 11) is 0. The third-order valence-electron chi connectivity index (χ3n) is 4.35. The highest BCUT2D eigenvalue weighted by atomic mass is 19.4. The maximum atomic E-state index is 12.8. The third-order valence-corrected chi connectivity index (χ3v) is 4.35. The van der Waals surface area contributed by atoms with E-state index in [-0.39, 0.29) is 11.3 Å². The summed E-state index contributed by atoms with van der Waals surface area (Å²) < 4.78 is 38.5. The molecule has 2 nitrogen and oxygen atoms in total. The van der Waals surface area contributed by atoms with Crippen LogP contribution in [0.15, 0.2) is 24.3 Å². The van der Waals surface area contributed by atoms with Gasteiger partial charge in [-0.2, -0.15) is 13.2 Å². The van der Waals surface area contributed by atoms with Crippen molar-refractivity contribution >= 4 is 5.97 Å². The van der Waals surface area contributed by atoms with Crippen LogP contribution >= 0.6 is 0 Å². The van der Waals surface area contributed by atoms with Crippen molar-refractivity contribution in [3.63, 3.8) is 0 Å². The molecule has 2 unspecified atom stereocenters. The van der Waals surface area contributed by atoms with Crippen LogP contribution in [-0.2, 0) is 11.0 Å². The van der Waals surface area contributed by atoms with E-state index in [0.29, 0.717) is 18.4 Å². The van der Waals surface area contributed by atoms with Gasteiger partial charge >= 0.3 is 12.1 Å². The first kappa shape index (κ1) is 15.9. The number of alkyl halides is 3. The summed E-state index contributed by atoms with van der Waals surface area (Å²) in [6.07, 6.45) is -2.53. The Kier molecular flexibility index (Phi) is 4.04. The first-order chi connectivity index (χ1) is 9.60. The molecule has 0 saturated heterocycles. The monoisotopic (exact) mass is 300 g/mol. The van der Waals surface area contributed by atoms with E-state index in [0.717, 1.165) is 18.6 Å². The lowest BCUT2D eigenvalue weighted by Crippen LogP contribution is -2.33. The Balaban J connectivity index is 2.38. The number of hydrogen-bond acceptors (Lipinski definition) is 1. The molecule has 1 saturated carbocycles. The van der Waals surface area contributed by atoms with E-state index in [1.807, 2.05) is 13.8 Å². The van der Waals surface area contributed by atoms with Gasteiger partial charge in [-0.25, -0.2) is 0 Å². The van der Waals surface area contributed by atoms with Crippen molar-refractivity contribution in [1.29, 1.82) is 0 Å². The lowest BCUT2D eigenvalue weighted by molar-refractivity contribution is -0.144. The van der Waals surface area contributed by atoms with Gasteiger partial charge in [0.2, 0.25) is 0 Å². The molecular weight excluding hydrogens is 281 g/mol. The van der Waals surface area contributed by atoms with E-state index in [2.05, 4.69) is 0 Å². The van der Waals surface area contributed by atoms with E-state index in [4.69, 9.17) is 0 Å². The van der Waals surface area contributed by atoms with Crippen LogP contribution in [-0.4, -0.2) is 11.1 Å². The maximum absolute atomic E-state index is 12.8. The van der Waals surface area contributed by atoms with Gasteiger partial charge in [0.15, 0.2) is 0 Å². The zero-order valence-corrected chi connectivity index (χ0v) is 12.1. The minimum Gasteiger partial charge on any atom is -0.481 e. The molecule has 2 atom stereocenters. The predicted molar refractivity (Wildman–Crippen MR) is 72.9 cm³/mol. The van der Waals surface area contributed by atoms with Gasteiger partial charge in [0.25, 0.3) is 0 Å². The molecule has 0 radical (unpaired) electrons. The summed E-state index contributed by atoms with van der Waals surface area (Å²) in [5.41, 5.74) is -0.289. The fourth-order valence-electron chi connectivity index (χ4n) is 3.18. The Morgan fingerprint density at radius 3 is 2.57 bits per heavy atom. The molecule has 0 heterocycles. The van der Waals surface area contributed by atoms with Crippen LogP contribution < -0.4 is 0 Å². The molecule has 1 aromatic rings. The first-order valence-corrected chi connectivity index (χ1v) is 7.00. The Hall–Kier alpha value is -1.52. The molecule has 1 aliphatic carbocycles. The Morgan fingerprint density at radius 2 is 2.00 bits per heavy atom. The summed E-state index contributed by atoms with van der Waals surface area (Å²) >= 11 is 0. The number of halogens is 3. The molecular formula is C16H19F3O2. The zero-order valence-electron chi connectivity index (χ0n) is 12.1. The van der Waals surface area contributed by atoms with E-state index >= 15 is 0 Å². The first-order valence-electron chi connectivity index (χ1n) is 7.00. The van der Waals surface area contributed by atoms with Crippen molar-refractivity contribution in [2.75, 3.05) is 0 Å². The van der Waals surface area contributed by atoms with Crippen LogP contribution in [0.4, 0.5) is 13.2 Å². The molecule has 21 heavy (non-hydrogen) atoms. The molecule has 1 fully saturated rings. The number of aliphatic carboxylic acids is 1. The maximum Gasteiger partial charge on any atom is 0.416 e. The Morgan fingerprint density at radius 1 is 1.33 bits per heavy atom. The highest BCUT2D eigenvalue weighted by molar-refractivity contribution is 5.71. The van der Waals surface area contributed by atoms with E-state index in [9.17, 15) is 23.1 Å². The van der Waals surface area contributed by atoms with Gasteiger partial charge in [-0.05, 0) is 42.2 Å². The fourth-order valence-corrected chi connectivity index (χ4v) is 3.18. The van der Waals surface area contributed by atoms with Crippen molar-refractivity contribution in [1.82, 2.24) is 0 Å². The van der Waals surface area contributed by atoms with Gasteiger partial charge in [0.05, 0.1) is 11.5 Å². The number of carboxylic acid groups (broad SMARTS) is 1. The van der Waals surface area contributed by atoms with Gasteiger partial charge < -0.3 is 5.11 Å². The van der Waals surface area contributed by atoms with E-state index in [1.54, 1.807) is 6.07 Å². The van der Waals surface area contributed by atoms with Crippen molar-refractivity contribution in [2.45, 2.75) is 45.2 Å². The topological polar surface area (TPSA) is 37.3 Å². The minimum atomic E-state index is -4.40. The molecule has 1 aromatic carbocycles. The smallest absolute Gasteiger partial charge is 0.416 e. The van der Waals surface area contributed by atoms with Gasteiger partial charge in [-0.3, -0.25) is 4.79 Å². The molecule has 5 heteroatoms. The van der Waals surface area contributed by atoms with Crippen LogP contribution in [0.2, 0.25) is 0 Å². The number of carboxylic acids is 1. The molecule has 116 valence electrons. The SMILES string of the molecule is CC1(C)CCC(C(=O)O)C(c2cccc(C(F)(F)F)c2)C1. The van der Waals surface area contributed by atoms with Crippen molar-refractivity contribution in [3.8, 4) is 0 Å². The Bertz CT molecular complexity index is 535. The summed E-state index contributed by atoms with van der Waals surface area (Å²) in [5.74, 6) is -1.90. The molecule has 1 aliphatic rings. The number of carbonyl (C=O) groups is 1. The van der Waals surface area contributed by atoms with Crippen molar-refractivity contribution in [3.05, 3.63) is 35.4 Å². The second-order valence-corrected chi connectivity index (χ2v) is 6.58. The number of rotatable bonds is 2. The van der Waals surface area contributed by atoms with Gasteiger partial charge in [0.1, 0.15) is 0 Å². The summed E-state index contributed by atoms with van der Waals surface area (Å²) in [6, 6.07) is 5.09. The second-order valence-electron chi connectivity index (χ2n) is 6.58. The standard InChI is InChI=1S/C16H19F3O2/c1-15(2)7-6-12(14(20)21)13(9-15)10-4-3-5-11(8-10)16(17,18)19/h3-5,8,12-13H,6-7,9H2,1-2H3,(H,20,21). The highest BCUT2D eigenvalue weighted by Gasteiger charge is 2.40.